The number of likely N-dealkylation sites (tertiary alicyclic amines) is 1. The van der Waals surface area contributed by atoms with Crippen molar-refractivity contribution in [1.82, 2.24) is 25.3 Å². The number of aliphatic hydroxyl groups is 1. The highest BCUT2D eigenvalue weighted by atomic mass is 16.3. The first-order valence-electron chi connectivity index (χ1n) is 8.32. The Labute approximate surface area is 142 Å². The van der Waals surface area contributed by atoms with Crippen LogP contribution in [0.1, 0.15) is 26.0 Å². The number of aromatic nitrogens is 2. The zero-order valence-corrected chi connectivity index (χ0v) is 14.5. The number of β-amino-alcohol motifs (C(OH)–C–C–N with tert-alkyl or cyclic N) is 1. The summed E-state index contributed by atoms with van der Waals surface area (Å²) in [5.41, 5.74) is 0.943. The number of rotatable bonds is 6. The fourth-order valence-electron chi connectivity index (χ4n) is 2.86. The zero-order valence-electron chi connectivity index (χ0n) is 14.5. The fourth-order valence-corrected chi connectivity index (χ4v) is 2.86. The van der Waals surface area contributed by atoms with Gasteiger partial charge in [-0.3, -0.25) is 9.48 Å². The summed E-state index contributed by atoms with van der Waals surface area (Å²) < 4.78 is 1.89. The van der Waals surface area contributed by atoms with E-state index in [0.29, 0.717) is 19.0 Å². The molecular weight excluding hydrogens is 310 g/mol. The number of carbonyl (C=O) groups is 2. The lowest BCUT2D eigenvalue weighted by atomic mass is 10.0. The van der Waals surface area contributed by atoms with Crippen molar-refractivity contribution < 1.29 is 14.7 Å². The minimum Gasteiger partial charge on any atom is -0.391 e. The van der Waals surface area contributed by atoms with Gasteiger partial charge in [0.1, 0.15) is 0 Å². The van der Waals surface area contributed by atoms with Gasteiger partial charge in [0.25, 0.3) is 0 Å². The summed E-state index contributed by atoms with van der Waals surface area (Å²) >= 11 is 0. The highest BCUT2D eigenvalue weighted by Crippen LogP contribution is 2.20. The molecule has 2 heterocycles. The molecule has 1 aliphatic heterocycles. The van der Waals surface area contributed by atoms with Crippen molar-refractivity contribution in [2.45, 2.75) is 39.5 Å². The highest BCUT2D eigenvalue weighted by molar-refractivity contribution is 5.77. The Hall–Kier alpha value is -2.09. The third kappa shape index (κ3) is 4.70. The maximum atomic E-state index is 12.3. The second kappa shape index (κ2) is 8.14. The molecule has 1 aliphatic rings. The van der Waals surface area contributed by atoms with Crippen molar-refractivity contribution in [3.05, 3.63) is 18.0 Å². The van der Waals surface area contributed by atoms with Gasteiger partial charge in [-0.2, -0.15) is 5.10 Å². The third-order valence-corrected chi connectivity index (χ3v) is 4.18. The van der Waals surface area contributed by atoms with Crippen molar-refractivity contribution in [1.29, 1.82) is 0 Å². The van der Waals surface area contributed by atoms with E-state index in [2.05, 4.69) is 29.6 Å². The Morgan fingerprint density at radius 2 is 2.17 bits per heavy atom. The Morgan fingerprint density at radius 3 is 2.83 bits per heavy atom. The summed E-state index contributed by atoms with van der Waals surface area (Å²) in [6.45, 7) is 6.04. The predicted molar refractivity (Wildman–Crippen MR) is 89.1 cm³/mol. The normalized spacial score (nSPS) is 20.5. The van der Waals surface area contributed by atoms with E-state index in [1.54, 1.807) is 18.1 Å². The second-order valence-electron chi connectivity index (χ2n) is 6.67. The van der Waals surface area contributed by atoms with Gasteiger partial charge in [0.2, 0.25) is 5.91 Å². The van der Waals surface area contributed by atoms with Gasteiger partial charge in [0.15, 0.2) is 0 Å². The molecule has 1 aromatic rings. The summed E-state index contributed by atoms with van der Waals surface area (Å²) in [7, 11) is 1.56. The summed E-state index contributed by atoms with van der Waals surface area (Å²) in [6.07, 6.45) is 1.28. The van der Waals surface area contributed by atoms with Crippen molar-refractivity contribution in [3.8, 4) is 0 Å². The van der Waals surface area contributed by atoms with Gasteiger partial charge in [0.05, 0.1) is 18.3 Å². The molecule has 1 aromatic heterocycles. The molecule has 8 nitrogen and oxygen atoms in total. The van der Waals surface area contributed by atoms with E-state index in [1.165, 1.54) is 0 Å². The molecule has 24 heavy (non-hydrogen) atoms. The zero-order chi connectivity index (χ0) is 17.7. The van der Waals surface area contributed by atoms with Gasteiger partial charge < -0.3 is 20.6 Å². The molecule has 3 N–H and O–H groups in total. The Kier molecular flexibility index (Phi) is 6.19. The van der Waals surface area contributed by atoms with Crippen LogP contribution in [0.2, 0.25) is 0 Å². The van der Waals surface area contributed by atoms with Gasteiger partial charge in [-0.15, -0.1) is 0 Å². The quantitative estimate of drug-likeness (QED) is 0.689. The van der Waals surface area contributed by atoms with E-state index in [1.807, 2.05) is 10.7 Å². The van der Waals surface area contributed by atoms with E-state index < -0.39 is 6.10 Å². The number of carbonyl (C=O) groups excluding carboxylic acids is 2. The molecule has 0 aliphatic carbocycles. The molecule has 0 unspecified atom stereocenters. The molecule has 3 amide bonds. The van der Waals surface area contributed by atoms with Gasteiger partial charge in [-0.05, 0) is 12.0 Å². The topological polar surface area (TPSA) is 99.5 Å². The third-order valence-electron chi connectivity index (χ3n) is 4.18. The highest BCUT2D eigenvalue weighted by Gasteiger charge is 2.35. The lowest BCUT2D eigenvalue weighted by Gasteiger charge is -2.17. The summed E-state index contributed by atoms with van der Waals surface area (Å²) in [5, 5.41) is 19.7. The second-order valence-corrected chi connectivity index (χ2v) is 6.67. The van der Waals surface area contributed by atoms with Crippen LogP contribution >= 0.6 is 0 Å². The smallest absolute Gasteiger partial charge is 0.317 e. The monoisotopic (exact) mass is 337 g/mol. The average molecular weight is 337 g/mol. The van der Waals surface area contributed by atoms with E-state index >= 15 is 0 Å². The van der Waals surface area contributed by atoms with Crippen molar-refractivity contribution >= 4 is 11.9 Å². The maximum absolute atomic E-state index is 12.3. The van der Waals surface area contributed by atoms with Crippen molar-refractivity contribution in [3.63, 3.8) is 0 Å². The van der Waals surface area contributed by atoms with Gasteiger partial charge in [-0.25, -0.2) is 4.79 Å². The largest absolute Gasteiger partial charge is 0.391 e. The predicted octanol–water partition coefficient (Wildman–Crippen LogP) is 0.178. The van der Waals surface area contributed by atoms with Gasteiger partial charge in [0, 0.05) is 45.2 Å². The number of hydrogen-bond donors (Lipinski definition) is 3. The SMILES string of the molecule is CNC(=O)C[C@@H]1CN(C(=O)NCc2ccnn2CC(C)C)C[C@H]1O. The fraction of sp³-hybridized carbons (Fsp3) is 0.688. The number of amides is 3. The number of hydrogen-bond acceptors (Lipinski definition) is 4. The van der Waals surface area contributed by atoms with Crippen molar-refractivity contribution in [2.24, 2.45) is 11.8 Å². The van der Waals surface area contributed by atoms with Crippen LogP contribution < -0.4 is 10.6 Å². The number of aliphatic hydroxyl groups excluding tert-OH is 1. The minimum atomic E-state index is -0.667. The average Bonchev–Trinajstić information content (AvgIpc) is 3.11. The molecule has 0 radical (unpaired) electrons. The number of urea groups is 1. The number of nitrogens with one attached hydrogen (secondary N) is 2. The van der Waals surface area contributed by atoms with Crippen LogP contribution in [0.5, 0.6) is 0 Å². The molecular formula is C16H27N5O3. The molecule has 0 saturated carbocycles. The van der Waals surface area contributed by atoms with Crippen LogP contribution in [-0.2, 0) is 17.9 Å². The standard InChI is InChI=1S/C16H27N5O3/c1-11(2)8-21-13(4-5-19-21)7-18-16(24)20-9-12(14(22)10-20)6-15(23)17-3/h4-5,11-12,14,22H,6-10H2,1-3H3,(H,17,23)(H,18,24)/t12-,14-/m1/s1. The summed E-state index contributed by atoms with van der Waals surface area (Å²) in [4.78, 5) is 25.3. The first kappa shape index (κ1) is 18.3. The minimum absolute atomic E-state index is 0.126. The summed E-state index contributed by atoms with van der Waals surface area (Å²) in [5.74, 6) is 0.125. The molecule has 134 valence electrons. The first-order valence-corrected chi connectivity index (χ1v) is 8.32. The molecule has 0 aromatic carbocycles. The van der Waals surface area contributed by atoms with Gasteiger partial charge >= 0.3 is 6.03 Å². The molecule has 2 atom stereocenters. The molecule has 2 rings (SSSR count). The molecule has 0 spiro atoms. The molecule has 0 bridgehead atoms. The van der Waals surface area contributed by atoms with Crippen LogP contribution in [0, 0.1) is 11.8 Å². The lowest BCUT2D eigenvalue weighted by Crippen LogP contribution is -2.39. The van der Waals surface area contributed by atoms with Crippen LogP contribution in [-0.4, -0.2) is 58.0 Å². The van der Waals surface area contributed by atoms with E-state index in [9.17, 15) is 14.7 Å². The van der Waals surface area contributed by atoms with Crippen LogP contribution in [0.4, 0.5) is 4.79 Å². The molecule has 1 fully saturated rings. The van der Waals surface area contributed by atoms with E-state index in [4.69, 9.17) is 0 Å². The van der Waals surface area contributed by atoms with Crippen LogP contribution in [0.15, 0.2) is 12.3 Å². The maximum Gasteiger partial charge on any atom is 0.317 e. The van der Waals surface area contributed by atoms with E-state index in [-0.39, 0.29) is 30.8 Å². The Morgan fingerprint density at radius 1 is 1.42 bits per heavy atom. The van der Waals surface area contributed by atoms with Crippen molar-refractivity contribution in [2.75, 3.05) is 20.1 Å². The molecule has 8 heteroatoms. The number of nitrogens with zero attached hydrogens (tertiary/aromatic N) is 3. The summed E-state index contributed by atoms with van der Waals surface area (Å²) in [6, 6.07) is 1.65. The first-order chi connectivity index (χ1) is 11.4. The Balaban J connectivity index is 1.85. The van der Waals surface area contributed by atoms with Crippen LogP contribution in [0.3, 0.4) is 0 Å². The van der Waals surface area contributed by atoms with Gasteiger partial charge in [-0.1, -0.05) is 13.8 Å². The Bertz CT molecular complexity index is 572. The van der Waals surface area contributed by atoms with Crippen LogP contribution in [0.25, 0.3) is 0 Å². The van der Waals surface area contributed by atoms with E-state index in [0.717, 1.165) is 12.2 Å². The molecule has 1 saturated heterocycles. The lowest BCUT2D eigenvalue weighted by molar-refractivity contribution is -0.122.